The third-order valence-corrected chi connectivity index (χ3v) is 6.52. The summed E-state index contributed by atoms with van der Waals surface area (Å²) in [6.45, 7) is 0. The number of carbonyl (C=O) groups excluding carboxylic acids is 1. The van der Waals surface area contributed by atoms with Gasteiger partial charge in [0.05, 0.1) is 38.6 Å². The summed E-state index contributed by atoms with van der Waals surface area (Å²) in [5.41, 5.74) is 0.717. The Balaban J connectivity index is 2.23. The minimum Gasteiger partial charge on any atom is -0.287 e. The minimum atomic E-state index is -3.69. The van der Waals surface area contributed by atoms with Crippen molar-refractivity contribution in [2.75, 3.05) is 15.9 Å². The molecule has 0 heterocycles. The second-order valence-electron chi connectivity index (χ2n) is 6.90. The first-order valence-electron chi connectivity index (χ1n) is 9.22. The summed E-state index contributed by atoms with van der Waals surface area (Å²) >= 11 is 24.5. The molecule has 3 aromatic rings. The molecule has 11 heteroatoms. The molecule has 6 nitrogen and oxygen atoms in total. The summed E-state index contributed by atoms with van der Waals surface area (Å²) in [7, 11) is -3.69. The van der Waals surface area contributed by atoms with Crippen molar-refractivity contribution in [3.8, 4) is 6.07 Å². The highest BCUT2D eigenvalue weighted by atomic mass is 35.5. The number of hydrogen-bond acceptors (Lipinski definition) is 4. The molecule has 0 bridgehead atoms. The first-order valence-corrected chi connectivity index (χ1v) is 12.6. The monoisotopic (exact) mass is 541 g/mol. The van der Waals surface area contributed by atoms with Crippen LogP contribution in [-0.4, -0.2) is 20.6 Å². The van der Waals surface area contributed by atoms with E-state index in [0.717, 1.165) is 6.26 Å². The molecule has 0 saturated carbocycles. The van der Waals surface area contributed by atoms with Gasteiger partial charge in [0.2, 0.25) is 10.0 Å². The molecular weight excluding hydrogens is 528 g/mol. The van der Waals surface area contributed by atoms with E-state index in [1.165, 1.54) is 29.2 Å². The first kappa shape index (κ1) is 25.2. The second-order valence-corrected chi connectivity index (χ2v) is 10.3. The zero-order valence-electron chi connectivity index (χ0n) is 16.9. The Morgan fingerprint density at radius 2 is 1.58 bits per heavy atom. The molecule has 0 fully saturated rings. The Hall–Kier alpha value is -2.47. The van der Waals surface area contributed by atoms with E-state index in [1.54, 1.807) is 36.4 Å². The predicted molar refractivity (Wildman–Crippen MR) is 133 cm³/mol. The summed E-state index contributed by atoms with van der Waals surface area (Å²) < 4.78 is 26.0. The Kier molecular flexibility index (Phi) is 7.78. The number of hydrogen-bond donors (Lipinski definition) is 1. The van der Waals surface area contributed by atoms with Gasteiger partial charge < -0.3 is 0 Å². The van der Waals surface area contributed by atoms with Crippen LogP contribution in [-0.2, 0) is 10.0 Å². The standard InChI is InChI=1S/C22H15Cl4N3O3S/c1-33(31,32)28-19-5-3-2-4-16(19)22(30)29(15-10-17(24)21(26)18(25)11-15)20(12-27)13-6-8-14(23)9-7-13/h2-11,20,28H,1H3. The number of nitriles is 1. The molecule has 1 unspecified atom stereocenters. The van der Waals surface area contributed by atoms with Gasteiger partial charge in [0.1, 0.15) is 6.04 Å². The molecule has 3 rings (SSSR count). The van der Waals surface area contributed by atoms with Crippen molar-refractivity contribution < 1.29 is 13.2 Å². The lowest BCUT2D eigenvalue weighted by Crippen LogP contribution is -2.35. The lowest BCUT2D eigenvalue weighted by Gasteiger charge is -2.29. The maximum Gasteiger partial charge on any atom is 0.261 e. The number of sulfonamides is 1. The van der Waals surface area contributed by atoms with Gasteiger partial charge in [0.25, 0.3) is 5.91 Å². The van der Waals surface area contributed by atoms with Crippen molar-refractivity contribution in [3.05, 3.63) is 91.9 Å². The van der Waals surface area contributed by atoms with Gasteiger partial charge in [-0.3, -0.25) is 14.4 Å². The molecule has 0 aliphatic carbocycles. The third kappa shape index (κ3) is 5.91. The van der Waals surface area contributed by atoms with E-state index >= 15 is 0 Å². The van der Waals surface area contributed by atoms with Crippen LogP contribution in [0.4, 0.5) is 11.4 Å². The molecular formula is C22H15Cl4N3O3S. The highest BCUT2D eigenvalue weighted by Crippen LogP contribution is 2.38. The number of anilines is 2. The van der Waals surface area contributed by atoms with E-state index in [2.05, 4.69) is 10.8 Å². The number of carbonyl (C=O) groups is 1. The smallest absolute Gasteiger partial charge is 0.261 e. The Morgan fingerprint density at radius 1 is 1.00 bits per heavy atom. The Morgan fingerprint density at radius 3 is 2.12 bits per heavy atom. The van der Waals surface area contributed by atoms with Crippen molar-refractivity contribution in [2.24, 2.45) is 0 Å². The number of rotatable bonds is 6. The van der Waals surface area contributed by atoms with Gasteiger partial charge in [-0.25, -0.2) is 8.42 Å². The van der Waals surface area contributed by atoms with Gasteiger partial charge in [-0.15, -0.1) is 0 Å². The van der Waals surface area contributed by atoms with Crippen LogP contribution in [0.2, 0.25) is 20.1 Å². The lowest BCUT2D eigenvalue weighted by atomic mass is 10.0. The summed E-state index contributed by atoms with van der Waals surface area (Å²) in [4.78, 5) is 15.0. The number of amides is 1. The number of benzene rings is 3. The van der Waals surface area contributed by atoms with Crippen molar-refractivity contribution in [3.63, 3.8) is 0 Å². The molecule has 33 heavy (non-hydrogen) atoms. The Bertz CT molecular complexity index is 1330. The van der Waals surface area contributed by atoms with E-state index in [0.29, 0.717) is 10.6 Å². The van der Waals surface area contributed by atoms with E-state index in [1.807, 2.05) is 0 Å². The van der Waals surface area contributed by atoms with Crippen LogP contribution in [0, 0.1) is 11.3 Å². The van der Waals surface area contributed by atoms with Crippen molar-refractivity contribution in [2.45, 2.75) is 6.04 Å². The maximum absolute atomic E-state index is 13.8. The first-order chi connectivity index (χ1) is 15.5. The average Bonchev–Trinajstić information content (AvgIpc) is 2.75. The van der Waals surface area contributed by atoms with E-state index < -0.39 is 22.0 Å². The zero-order valence-corrected chi connectivity index (χ0v) is 20.7. The fraction of sp³-hybridized carbons (Fsp3) is 0.0909. The molecule has 0 spiro atoms. The summed E-state index contributed by atoms with van der Waals surface area (Å²) in [6, 6.07) is 16.2. The largest absolute Gasteiger partial charge is 0.287 e. The molecule has 1 atom stereocenters. The molecule has 0 aromatic heterocycles. The number of para-hydroxylation sites is 1. The molecule has 0 radical (unpaired) electrons. The topological polar surface area (TPSA) is 90.3 Å². The van der Waals surface area contributed by atoms with Crippen LogP contribution in [0.25, 0.3) is 0 Å². The van der Waals surface area contributed by atoms with Crippen molar-refractivity contribution in [1.29, 1.82) is 5.26 Å². The highest BCUT2D eigenvalue weighted by Gasteiger charge is 2.30. The van der Waals surface area contributed by atoms with Gasteiger partial charge in [-0.2, -0.15) is 5.26 Å². The lowest BCUT2D eigenvalue weighted by molar-refractivity contribution is 0.0982. The van der Waals surface area contributed by atoms with Crippen molar-refractivity contribution in [1.82, 2.24) is 0 Å². The van der Waals surface area contributed by atoms with Crippen LogP contribution in [0.5, 0.6) is 0 Å². The normalized spacial score (nSPS) is 12.0. The molecule has 0 saturated heterocycles. The van der Waals surface area contributed by atoms with Gasteiger partial charge in [0, 0.05) is 10.7 Å². The summed E-state index contributed by atoms with van der Waals surface area (Å²) in [5, 5.41) is 10.7. The molecule has 1 N–H and O–H groups in total. The summed E-state index contributed by atoms with van der Waals surface area (Å²) in [5.74, 6) is -0.669. The fourth-order valence-corrected chi connectivity index (χ4v) is 4.37. The average molecular weight is 543 g/mol. The highest BCUT2D eigenvalue weighted by molar-refractivity contribution is 7.92. The van der Waals surface area contributed by atoms with Crippen LogP contribution >= 0.6 is 46.4 Å². The minimum absolute atomic E-state index is 0.0133. The Labute approximate surface area is 211 Å². The number of halogens is 4. The van der Waals surface area contributed by atoms with Gasteiger partial charge in [-0.05, 0) is 42.0 Å². The molecule has 0 aliphatic heterocycles. The summed E-state index contributed by atoms with van der Waals surface area (Å²) in [6.07, 6.45) is 0.969. The van der Waals surface area contributed by atoms with Crippen LogP contribution in [0.15, 0.2) is 60.7 Å². The van der Waals surface area contributed by atoms with Crippen LogP contribution in [0.1, 0.15) is 22.0 Å². The van der Waals surface area contributed by atoms with E-state index in [-0.39, 0.29) is 32.0 Å². The number of nitrogens with zero attached hydrogens (tertiary/aromatic N) is 2. The molecule has 0 aliphatic rings. The number of nitrogens with one attached hydrogen (secondary N) is 1. The fourth-order valence-electron chi connectivity index (χ4n) is 3.08. The molecule has 1 amide bonds. The SMILES string of the molecule is CS(=O)(=O)Nc1ccccc1C(=O)N(c1cc(Cl)c(Cl)c(Cl)c1)C(C#N)c1ccc(Cl)cc1. The van der Waals surface area contributed by atoms with E-state index in [9.17, 15) is 18.5 Å². The van der Waals surface area contributed by atoms with Crippen LogP contribution in [0.3, 0.4) is 0 Å². The van der Waals surface area contributed by atoms with Gasteiger partial charge in [0.15, 0.2) is 0 Å². The van der Waals surface area contributed by atoms with E-state index in [4.69, 9.17) is 46.4 Å². The van der Waals surface area contributed by atoms with Gasteiger partial charge in [-0.1, -0.05) is 70.7 Å². The van der Waals surface area contributed by atoms with Gasteiger partial charge >= 0.3 is 0 Å². The predicted octanol–water partition coefficient (Wildman–Crippen LogP) is 6.58. The maximum atomic E-state index is 13.8. The zero-order chi connectivity index (χ0) is 24.3. The van der Waals surface area contributed by atoms with Crippen molar-refractivity contribution >= 4 is 73.7 Å². The molecule has 170 valence electrons. The third-order valence-electron chi connectivity index (χ3n) is 4.48. The molecule has 3 aromatic carbocycles. The quantitative estimate of drug-likeness (QED) is 0.356. The second kappa shape index (κ2) is 10.2. The van der Waals surface area contributed by atoms with Crippen LogP contribution < -0.4 is 9.62 Å².